The predicted molar refractivity (Wildman–Crippen MR) is 71.4 cm³/mol. The Morgan fingerprint density at radius 1 is 1.39 bits per heavy atom. The second-order valence-electron chi connectivity index (χ2n) is 5.17. The predicted octanol–water partition coefficient (Wildman–Crippen LogP) is 1.64. The number of nitrogens with one attached hydrogen (secondary N) is 2. The van der Waals surface area contributed by atoms with Gasteiger partial charge in [-0.25, -0.2) is 0 Å². The van der Waals surface area contributed by atoms with Crippen LogP contribution in [0.25, 0.3) is 10.9 Å². The lowest BCUT2D eigenvalue weighted by Gasteiger charge is -2.13. The lowest BCUT2D eigenvalue weighted by molar-refractivity contribution is 0.0945. The summed E-state index contributed by atoms with van der Waals surface area (Å²) in [4.78, 5) is 15.2. The van der Waals surface area contributed by atoms with Crippen LogP contribution in [0.4, 0.5) is 0 Å². The first kappa shape index (κ1) is 11.3. The number of carbonyl (C=O) groups is 1. The van der Waals surface area contributed by atoms with Gasteiger partial charge in [-0.3, -0.25) is 4.79 Å². The van der Waals surface area contributed by atoms with Crippen LogP contribution in [0.1, 0.15) is 23.2 Å². The number of aromatic nitrogens is 1. The third-order valence-corrected chi connectivity index (χ3v) is 3.83. The second-order valence-corrected chi connectivity index (χ2v) is 5.17. The molecule has 4 nitrogen and oxygen atoms in total. The van der Waals surface area contributed by atoms with Crippen molar-refractivity contribution < 1.29 is 4.79 Å². The van der Waals surface area contributed by atoms with Crippen molar-refractivity contribution >= 4 is 16.8 Å². The molecule has 4 N–H and O–H groups in total. The van der Waals surface area contributed by atoms with Crippen molar-refractivity contribution in [3.63, 3.8) is 0 Å². The van der Waals surface area contributed by atoms with Gasteiger partial charge in [0.25, 0.3) is 5.91 Å². The average molecular weight is 243 g/mol. The van der Waals surface area contributed by atoms with E-state index in [-0.39, 0.29) is 11.3 Å². The van der Waals surface area contributed by atoms with E-state index in [1.165, 1.54) is 0 Å². The number of nitrogens with two attached hydrogens (primary N) is 1. The molecule has 0 saturated heterocycles. The Bertz CT molecular complexity index is 583. The Morgan fingerprint density at radius 2 is 2.22 bits per heavy atom. The van der Waals surface area contributed by atoms with Crippen molar-refractivity contribution in [1.82, 2.24) is 10.3 Å². The fraction of sp³-hybridized carbons (Fsp3) is 0.357. The first-order valence-electron chi connectivity index (χ1n) is 6.28. The maximum Gasteiger partial charge on any atom is 0.251 e. The maximum absolute atomic E-state index is 12.0. The molecule has 2 aromatic rings. The van der Waals surface area contributed by atoms with E-state index in [2.05, 4.69) is 10.3 Å². The van der Waals surface area contributed by atoms with Crippen molar-refractivity contribution in [3.05, 3.63) is 36.0 Å². The fourth-order valence-electron chi connectivity index (χ4n) is 2.19. The Balaban J connectivity index is 1.71. The molecule has 0 radical (unpaired) electrons. The summed E-state index contributed by atoms with van der Waals surface area (Å²) in [7, 11) is 0. The van der Waals surface area contributed by atoms with Crippen molar-refractivity contribution in [2.24, 2.45) is 11.1 Å². The molecule has 4 heteroatoms. The lowest BCUT2D eigenvalue weighted by atomic mass is 10.1. The summed E-state index contributed by atoms with van der Waals surface area (Å²) < 4.78 is 0. The summed E-state index contributed by atoms with van der Waals surface area (Å²) in [6.45, 7) is 1.34. The number of amides is 1. The third kappa shape index (κ3) is 1.99. The molecule has 0 spiro atoms. The Hall–Kier alpha value is -1.81. The zero-order valence-electron chi connectivity index (χ0n) is 10.2. The molecule has 1 aliphatic carbocycles. The van der Waals surface area contributed by atoms with Crippen LogP contribution in [0.2, 0.25) is 0 Å². The van der Waals surface area contributed by atoms with Gasteiger partial charge in [-0.15, -0.1) is 0 Å². The monoisotopic (exact) mass is 243 g/mol. The van der Waals surface area contributed by atoms with Crippen molar-refractivity contribution in [1.29, 1.82) is 0 Å². The highest BCUT2D eigenvalue weighted by molar-refractivity contribution is 5.98. The van der Waals surface area contributed by atoms with E-state index >= 15 is 0 Å². The number of fused-ring (bicyclic) bond motifs is 1. The molecule has 1 amide bonds. The Labute approximate surface area is 106 Å². The van der Waals surface area contributed by atoms with Crippen LogP contribution in [0.5, 0.6) is 0 Å². The van der Waals surface area contributed by atoms with E-state index in [1.807, 2.05) is 30.5 Å². The number of H-pyrrole nitrogens is 1. The SMILES string of the molecule is NCC1(CNC(=O)c2ccc3[nH]ccc3c2)CC1. The highest BCUT2D eigenvalue weighted by Gasteiger charge is 2.41. The van der Waals surface area contributed by atoms with Gasteiger partial charge in [0.15, 0.2) is 0 Å². The Kier molecular flexibility index (Phi) is 2.59. The van der Waals surface area contributed by atoms with E-state index in [0.717, 1.165) is 23.7 Å². The molecule has 0 aliphatic heterocycles. The van der Waals surface area contributed by atoms with Crippen molar-refractivity contribution in [3.8, 4) is 0 Å². The van der Waals surface area contributed by atoms with E-state index in [4.69, 9.17) is 5.73 Å². The van der Waals surface area contributed by atoms with Crippen molar-refractivity contribution in [2.75, 3.05) is 13.1 Å². The molecule has 1 heterocycles. The molecule has 1 aliphatic rings. The first-order valence-corrected chi connectivity index (χ1v) is 6.28. The number of hydrogen-bond donors (Lipinski definition) is 3. The summed E-state index contributed by atoms with van der Waals surface area (Å²) in [6.07, 6.45) is 4.13. The molecule has 0 atom stereocenters. The minimum Gasteiger partial charge on any atom is -0.361 e. The minimum absolute atomic E-state index is 0.0159. The number of rotatable bonds is 4. The molecule has 94 valence electrons. The zero-order chi connectivity index (χ0) is 12.6. The molecule has 3 rings (SSSR count). The van der Waals surface area contributed by atoms with Gasteiger partial charge >= 0.3 is 0 Å². The summed E-state index contributed by atoms with van der Waals surface area (Å²) in [5, 5.41) is 4.04. The van der Waals surface area contributed by atoms with Gasteiger partial charge in [0.05, 0.1) is 0 Å². The molecule has 0 unspecified atom stereocenters. The highest BCUT2D eigenvalue weighted by Crippen LogP contribution is 2.43. The van der Waals surface area contributed by atoms with Gasteiger partial charge in [-0.05, 0) is 43.7 Å². The van der Waals surface area contributed by atoms with Crippen LogP contribution in [-0.2, 0) is 0 Å². The van der Waals surface area contributed by atoms with Crippen LogP contribution < -0.4 is 11.1 Å². The number of hydrogen-bond acceptors (Lipinski definition) is 2. The zero-order valence-corrected chi connectivity index (χ0v) is 10.2. The summed E-state index contributed by atoms with van der Waals surface area (Å²) in [6, 6.07) is 7.65. The van der Waals surface area contributed by atoms with Gasteiger partial charge in [0.1, 0.15) is 0 Å². The largest absolute Gasteiger partial charge is 0.361 e. The minimum atomic E-state index is -0.0159. The molecule has 1 saturated carbocycles. The average Bonchev–Trinajstić information content (AvgIpc) is 3.04. The molecule has 1 fully saturated rings. The summed E-state index contributed by atoms with van der Waals surface area (Å²) in [5.41, 5.74) is 7.63. The maximum atomic E-state index is 12.0. The molecule has 1 aromatic carbocycles. The number of carbonyl (C=O) groups excluding carboxylic acids is 1. The van der Waals surface area contributed by atoms with E-state index < -0.39 is 0 Å². The van der Waals surface area contributed by atoms with Gasteiger partial charge < -0.3 is 16.0 Å². The topological polar surface area (TPSA) is 70.9 Å². The standard InChI is InChI=1S/C14H17N3O/c15-8-14(4-5-14)9-17-13(18)11-1-2-12-10(7-11)3-6-16-12/h1-3,6-7,16H,4-5,8-9,15H2,(H,17,18). The first-order chi connectivity index (χ1) is 8.72. The third-order valence-electron chi connectivity index (χ3n) is 3.83. The van der Waals surface area contributed by atoms with Gasteiger partial charge in [0, 0.05) is 34.6 Å². The molecule has 0 bridgehead atoms. The number of benzene rings is 1. The van der Waals surface area contributed by atoms with Crippen LogP contribution in [0, 0.1) is 5.41 Å². The van der Waals surface area contributed by atoms with Gasteiger partial charge in [0.2, 0.25) is 0 Å². The summed E-state index contributed by atoms with van der Waals surface area (Å²) in [5.74, 6) is -0.0159. The number of aromatic amines is 1. The van der Waals surface area contributed by atoms with E-state index in [1.54, 1.807) is 0 Å². The van der Waals surface area contributed by atoms with Crippen LogP contribution in [-0.4, -0.2) is 24.0 Å². The molecule has 1 aromatic heterocycles. The fourth-order valence-corrected chi connectivity index (χ4v) is 2.19. The quantitative estimate of drug-likeness (QED) is 0.764. The normalized spacial score (nSPS) is 16.7. The van der Waals surface area contributed by atoms with Crippen molar-refractivity contribution in [2.45, 2.75) is 12.8 Å². The van der Waals surface area contributed by atoms with Crippen LogP contribution >= 0.6 is 0 Å². The van der Waals surface area contributed by atoms with Crippen LogP contribution in [0.3, 0.4) is 0 Å². The Morgan fingerprint density at radius 3 is 2.94 bits per heavy atom. The smallest absolute Gasteiger partial charge is 0.251 e. The van der Waals surface area contributed by atoms with Gasteiger partial charge in [-0.1, -0.05) is 0 Å². The molecular formula is C14H17N3O. The van der Waals surface area contributed by atoms with E-state index in [0.29, 0.717) is 18.7 Å². The molecule has 18 heavy (non-hydrogen) atoms. The summed E-state index contributed by atoms with van der Waals surface area (Å²) >= 11 is 0. The second kappa shape index (κ2) is 4.14. The van der Waals surface area contributed by atoms with Gasteiger partial charge in [-0.2, -0.15) is 0 Å². The molecular weight excluding hydrogens is 226 g/mol. The lowest BCUT2D eigenvalue weighted by Crippen LogP contribution is -2.33. The van der Waals surface area contributed by atoms with Crippen LogP contribution in [0.15, 0.2) is 30.5 Å². The highest BCUT2D eigenvalue weighted by atomic mass is 16.1. The van der Waals surface area contributed by atoms with E-state index in [9.17, 15) is 4.79 Å².